The van der Waals surface area contributed by atoms with Crippen molar-refractivity contribution in [3.05, 3.63) is 48.0 Å². The van der Waals surface area contributed by atoms with Gasteiger partial charge in [0.15, 0.2) is 5.82 Å². The van der Waals surface area contributed by atoms with Crippen molar-refractivity contribution in [1.29, 1.82) is 0 Å². The van der Waals surface area contributed by atoms with Gasteiger partial charge in [-0.2, -0.15) is 0 Å². The molecule has 0 amide bonds. The fourth-order valence-corrected chi connectivity index (χ4v) is 3.45. The summed E-state index contributed by atoms with van der Waals surface area (Å²) < 4.78 is 14.7. The number of aromatic nitrogens is 3. The predicted molar refractivity (Wildman–Crippen MR) is 92.6 cm³/mol. The summed E-state index contributed by atoms with van der Waals surface area (Å²) in [6, 6.07) is 10.7. The number of hydrogen-bond acceptors (Lipinski definition) is 4. The molecule has 1 aromatic carbocycles. The molecule has 1 aliphatic rings. The first-order valence-corrected chi connectivity index (χ1v) is 8.75. The average molecular weight is 331 g/mol. The van der Waals surface area contributed by atoms with Gasteiger partial charge in [0.2, 0.25) is 0 Å². The molecule has 1 fully saturated rings. The van der Waals surface area contributed by atoms with Crippen LogP contribution in [0.2, 0.25) is 0 Å². The Hall–Kier alpha value is -1.79. The van der Waals surface area contributed by atoms with E-state index in [1.807, 2.05) is 12.4 Å². The minimum absolute atomic E-state index is 0.261. The SMILES string of the molecule is CCC(c1nncn1Cc1ccccc1)N1CCN(CCF)CC1. The molecule has 0 radical (unpaired) electrons. The lowest BCUT2D eigenvalue weighted by Gasteiger charge is -2.38. The highest BCUT2D eigenvalue weighted by atomic mass is 19.1. The molecule has 0 saturated carbocycles. The Bertz CT molecular complexity index is 607. The second-order valence-electron chi connectivity index (χ2n) is 6.29. The van der Waals surface area contributed by atoms with Gasteiger partial charge in [-0.05, 0) is 12.0 Å². The lowest BCUT2D eigenvalue weighted by molar-refractivity contribution is 0.0852. The van der Waals surface area contributed by atoms with Crippen molar-refractivity contribution in [3.8, 4) is 0 Å². The number of benzene rings is 1. The minimum atomic E-state index is -0.261. The Labute approximate surface area is 143 Å². The molecular weight excluding hydrogens is 305 g/mol. The van der Waals surface area contributed by atoms with Gasteiger partial charge in [-0.15, -0.1) is 10.2 Å². The number of piperazine rings is 1. The number of hydrogen-bond donors (Lipinski definition) is 0. The fraction of sp³-hybridized carbons (Fsp3) is 0.556. The van der Waals surface area contributed by atoms with E-state index in [-0.39, 0.29) is 12.7 Å². The monoisotopic (exact) mass is 331 g/mol. The van der Waals surface area contributed by atoms with Gasteiger partial charge in [-0.3, -0.25) is 9.80 Å². The Kier molecular flexibility index (Phi) is 5.93. The molecule has 1 saturated heterocycles. The van der Waals surface area contributed by atoms with E-state index < -0.39 is 0 Å². The third-order valence-electron chi connectivity index (χ3n) is 4.77. The van der Waals surface area contributed by atoms with Crippen LogP contribution in [0.3, 0.4) is 0 Å². The molecule has 130 valence electrons. The van der Waals surface area contributed by atoms with E-state index in [2.05, 4.69) is 55.8 Å². The van der Waals surface area contributed by atoms with Crippen molar-refractivity contribution in [2.45, 2.75) is 25.9 Å². The van der Waals surface area contributed by atoms with Crippen LogP contribution in [0.5, 0.6) is 0 Å². The fourth-order valence-electron chi connectivity index (χ4n) is 3.45. The van der Waals surface area contributed by atoms with Gasteiger partial charge in [-0.25, -0.2) is 4.39 Å². The van der Waals surface area contributed by atoms with Gasteiger partial charge in [0, 0.05) is 32.7 Å². The van der Waals surface area contributed by atoms with Crippen LogP contribution in [0, 0.1) is 0 Å². The van der Waals surface area contributed by atoms with E-state index in [0.717, 1.165) is 45.0 Å². The summed E-state index contributed by atoms with van der Waals surface area (Å²) in [5.41, 5.74) is 1.25. The Balaban J connectivity index is 1.69. The van der Waals surface area contributed by atoms with E-state index in [4.69, 9.17) is 0 Å². The molecule has 2 heterocycles. The zero-order valence-corrected chi connectivity index (χ0v) is 14.3. The highest BCUT2D eigenvalue weighted by molar-refractivity contribution is 5.15. The van der Waals surface area contributed by atoms with Crippen LogP contribution in [0.15, 0.2) is 36.7 Å². The van der Waals surface area contributed by atoms with Crippen molar-refractivity contribution in [2.24, 2.45) is 0 Å². The zero-order valence-electron chi connectivity index (χ0n) is 14.3. The van der Waals surface area contributed by atoms with Gasteiger partial charge < -0.3 is 4.57 Å². The number of alkyl halides is 1. The summed E-state index contributed by atoms with van der Waals surface area (Å²) in [6.07, 6.45) is 2.82. The Morgan fingerprint density at radius 1 is 1.12 bits per heavy atom. The highest BCUT2D eigenvalue weighted by Gasteiger charge is 2.27. The Morgan fingerprint density at radius 3 is 2.54 bits per heavy atom. The van der Waals surface area contributed by atoms with Crippen molar-refractivity contribution in [1.82, 2.24) is 24.6 Å². The first-order valence-electron chi connectivity index (χ1n) is 8.75. The molecule has 0 bridgehead atoms. The lowest BCUT2D eigenvalue weighted by atomic mass is 10.1. The molecular formula is C18H26FN5. The third-order valence-corrected chi connectivity index (χ3v) is 4.77. The second-order valence-corrected chi connectivity index (χ2v) is 6.29. The summed E-state index contributed by atoms with van der Waals surface area (Å²) in [5, 5.41) is 8.56. The number of rotatable bonds is 7. The van der Waals surface area contributed by atoms with Gasteiger partial charge >= 0.3 is 0 Å². The number of halogens is 1. The Morgan fingerprint density at radius 2 is 1.88 bits per heavy atom. The van der Waals surface area contributed by atoms with Crippen LogP contribution in [-0.4, -0.2) is 64.0 Å². The van der Waals surface area contributed by atoms with Crippen LogP contribution in [0.1, 0.15) is 30.8 Å². The molecule has 5 nitrogen and oxygen atoms in total. The zero-order chi connectivity index (χ0) is 16.8. The highest BCUT2D eigenvalue weighted by Crippen LogP contribution is 2.24. The molecule has 2 aromatic rings. The predicted octanol–water partition coefficient (Wildman–Crippen LogP) is 2.36. The smallest absolute Gasteiger partial charge is 0.150 e. The van der Waals surface area contributed by atoms with E-state index in [0.29, 0.717) is 6.54 Å². The van der Waals surface area contributed by atoms with Crippen molar-refractivity contribution in [2.75, 3.05) is 39.4 Å². The van der Waals surface area contributed by atoms with Crippen LogP contribution >= 0.6 is 0 Å². The lowest BCUT2D eigenvalue weighted by Crippen LogP contribution is -2.48. The molecule has 0 N–H and O–H groups in total. The first kappa shape index (κ1) is 17.0. The molecule has 24 heavy (non-hydrogen) atoms. The maximum Gasteiger partial charge on any atom is 0.150 e. The van der Waals surface area contributed by atoms with Crippen LogP contribution in [0.25, 0.3) is 0 Å². The van der Waals surface area contributed by atoms with E-state index in [1.165, 1.54) is 5.56 Å². The summed E-state index contributed by atoms with van der Waals surface area (Å²) in [4.78, 5) is 4.65. The molecule has 1 atom stereocenters. The van der Waals surface area contributed by atoms with Crippen LogP contribution < -0.4 is 0 Å². The van der Waals surface area contributed by atoms with Crippen molar-refractivity contribution < 1.29 is 4.39 Å². The third kappa shape index (κ3) is 3.99. The van der Waals surface area contributed by atoms with Gasteiger partial charge in [0.1, 0.15) is 13.0 Å². The molecule has 3 rings (SSSR count). The van der Waals surface area contributed by atoms with E-state index in [9.17, 15) is 4.39 Å². The summed E-state index contributed by atoms with van der Waals surface area (Å²) in [7, 11) is 0. The standard InChI is InChI=1S/C18H26FN5/c1-2-17(23-12-10-22(9-8-19)11-13-23)18-21-20-15-24(18)14-16-6-4-3-5-7-16/h3-7,15,17H,2,8-14H2,1H3. The van der Waals surface area contributed by atoms with Crippen molar-refractivity contribution in [3.63, 3.8) is 0 Å². The maximum atomic E-state index is 12.5. The molecule has 1 aliphatic heterocycles. The van der Waals surface area contributed by atoms with Crippen molar-refractivity contribution >= 4 is 0 Å². The molecule has 0 aliphatic carbocycles. The molecule has 0 spiro atoms. The summed E-state index contributed by atoms with van der Waals surface area (Å²) >= 11 is 0. The van der Waals surface area contributed by atoms with Gasteiger partial charge in [-0.1, -0.05) is 37.3 Å². The molecule has 1 aromatic heterocycles. The van der Waals surface area contributed by atoms with Crippen LogP contribution in [-0.2, 0) is 6.54 Å². The maximum absolute atomic E-state index is 12.5. The van der Waals surface area contributed by atoms with Gasteiger partial charge in [0.05, 0.1) is 12.6 Å². The molecule has 1 unspecified atom stereocenters. The largest absolute Gasteiger partial charge is 0.312 e. The normalized spacial score (nSPS) is 17.9. The number of nitrogens with zero attached hydrogens (tertiary/aromatic N) is 5. The average Bonchev–Trinajstić information content (AvgIpc) is 3.06. The van der Waals surface area contributed by atoms with E-state index in [1.54, 1.807) is 0 Å². The molecule has 6 heteroatoms. The minimum Gasteiger partial charge on any atom is -0.312 e. The second kappa shape index (κ2) is 8.35. The quantitative estimate of drug-likeness (QED) is 0.780. The van der Waals surface area contributed by atoms with Gasteiger partial charge in [0.25, 0.3) is 0 Å². The first-order chi connectivity index (χ1) is 11.8. The topological polar surface area (TPSA) is 37.2 Å². The summed E-state index contributed by atoms with van der Waals surface area (Å²) in [5.74, 6) is 1.03. The van der Waals surface area contributed by atoms with Crippen LogP contribution in [0.4, 0.5) is 4.39 Å². The van der Waals surface area contributed by atoms with E-state index >= 15 is 0 Å². The summed E-state index contributed by atoms with van der Waals surface area (Å²) in [6.45, 7) is 7.03.